The van der Waals surface area contributed by atoms with E-state index in [4.69, 9.17) is 11.6 Å². The van der Waals surface area contributed by atoms with Crippen LogP contribution in [-0.2, 0) is 5.88 Å². The molecule has 21 heavy (non-hydrogen) atoms. The van der Waals surface area contributed by atoms with E-state index >= 15 is 0 Å². The van der Waals surface area contributed by atoms with Crippen LogP contribution in [-0.4, -0.2) is 0 Å². The molecule has 0 bridgehead atoms. The molecule has 1 atom stereocenters. The maximum atomic E-state index is 5.89. The second-order valence-electron chi connectivity index (χ2n) is 6.27. The molecule has 0 aliphatic heterocycles. The van der Waals surface area contributed by atoms with Crippen LogP contribution in [0.15, 0.2) is 24.3 Å². The summed E-state index contributed by atoms with van der Waals surface area (Å²) in [5.74, 6) is 1.38. The fourth-order valence-electron chi connectivity index (χ4n) is 2.99. The van der Waals surface area contributed by atoms with E-state index in [0.717, 1.165) is 5.92 Å². The van der Waals surface area contributed by atoms with E-state index in [9.17, 15) is 0 Å². The lowest BCUT2D eigenvalue weighted by Crippen LogP contribution is -2.00. The summed E-state index contributed by atoms with van der Waals surface area (Å²) in [6.45, 7) is 4.57. The predicted octanol–water partition coefficient (Wildman–Crippen LogP) is 7.45. The SMILES string of the molecule is CCCCCCCC(CCCCC)c1ccc(CCl)cc1. The van der Waals surface area contributed by atoms with Crippen LogP contribution in [0.3, 0.4) is 0 Å². The van der Waals surface area contributed by atoms with Gasteiger partial charge in [0.1, 0.15) is 0 Å². The van der Waals surface area contributed by atoms with Crippen LogP contribution in [0.4, 0.5) is 0 Å². The second-order valence-corrected chi connectivity index (χ2v) is 6.54. The topological polar surface area (TPSA) is 0 Å². The molecule has 0 saturated heterocycles. The molecule has 1 aromatic rings. The summed E-state index contributed by atoms with van der Waals surface area (Å²) in [5, 5.41) is 0. The van der Waals surface area contributed by atoms with Crippen molar-refractivity contribution in [2.75, 3.05) is 0 Å². The Kier molecular flexibility index (Phi) is 10.7. The van der Waals surface area contributed by atoms with Crippen molar-refractivity contribution in [3.8, 4) is 0 Å². The molecule has 0 aliphatic carbocycles. The molecule has 0 fully saturated rings. The highest BCUT2D eigenvalue weighted by atomic mass is 35.5. The van der Waals surface area contributed by atoms with E-state index in [2.05, 4.69) is 38.1 Å². The van der Waals surface area contributed by atoms with Crippen molar-refractivity contribution in [1.82, 2.24) is 0 Å². The normalized spacial score (nSPS) is 12.5. The van der Waals surface area contributed by atoms with Crippen LogP contribution in [0.1, 0.15) is 95.1 Å². The Labute approximate surface area is 137 Å². The van der Waals surface area contributed by atoms with Gasteiger partial charge >= 0.3 is 0 Å². The maximum Gasteiger partial charge on any atom is 0.0474 e. The largest absolute Gasteiger partial charge is 0.122 e. The Morgan fingerprint density at radius 3 is 1.86 bits per heavy atom. The van der Waals surface area contributed by atoms with Crippen LogP contribution in [0.25, 0.3) is 0 Å². The van der Waals surface area contributed by atoms with Gasteiger partial charge in [0.25, 0.3) is 0 Å². The molecule has 0 nitrogen and oxygen atoms in total. The predicted molar refractivity (Wildman–Crippen MR) is 96.3 cm³/mol. The van der Waals surface area contributed by atoms with Crippen molar-refractivity contribution in [2.24, 2.45) is 0 Å². The first-order valence-electron chi connectivity index (χ1n) is 8.96. The molecule has 0 N–H and O–H groups in total. The lowest BCUT2D eigenvalue weighted by molar-refractivity contribution is 0.497. The number of benzene rings is 1. The molecule has 0 heterocycles. The maximum absolute atomic E-state index is 5.89. The zero-order valence-electron chi connectivity index (χ0n) is 14.0. The van der Waals surface area contributed by atoms with Gasteiger partial charge in [-0.3, -0.25) is 0 Å². The Morgan fingerprint density at radius 2 is 1.29 bits per heavy atom. The van der Waals surface area contributed by atoms with Gasteiger partial charge in [0.05, 0.1) is 0 Å². The van der Waals surface area contributed by atoms with Crippen LogP contribution < -0.4 is 0 Å². The van der Waals surface area contributed by atoms with Crippen molar-refractivity contribution >= 4 is 11.6 Å². The highest BCUT2D eigenvalue weighted by molar-refractivity contribution is 6.17. The number of unbranched alkanes of at least 4 members (excludes halogenated alkanes) is 6. The third-order valence-electron chi connectivity index (χ3n) is 4.42. The molecule has 0 saturated carbocycles. The number of halogens is 1. The third kappa shape index (κ3) is 7.90. The highest BCUT2D eigenvalue weighted by Crippen LogP contribution is 2.29. The summed E-state index contributed by atoms with van der Waals surface area (Å²) in [7, 11) is 0. The molecule has 0 amide bonds. The fourth-order valence-corrected chi connectivity index (χ4v) is 3.17. The summed E-state index contributed by atoms with van der Waals surface area (Å²) >= 11 is 5.89. The van der Waals surface area contributed by atoms with E-state index < -0.39 is 0 Å². The summed E-state index contributed by atoms with van der Waals surface area (Å²) in [5.41, 5.74) is 2.76. The average Bonchev–Trinajstić information content (AvgIpc) is 2.53. The number of rotatable bonds is 12. The quantitative estimate of drug-likeness (QED) is 0.278. The van der Waals surface area contributed by atoms with Crippen LogP contribution in [0.2, 0.25) is 0 Å². The molecular formula is C20H33Cl. The van der Waals surface area contributed by atoms with Crippen molar-refractivity contribution in [1.29, 1.82) is 0 Å². The van der Waals surface area contributed by atoms with Gasteiger partial charge in [0.2, 0.25) is 0 Å². The van der Waals surface area contributed by atoms with E-state index in [0.29, 0.717) is 5.88 Å². The van der Waals surface area contributed by atoms with Crippen molar-refractivity contribution in [3.63, 3.8) is 0 Å². The van der Waals surface area contributed by atoms with E-state index in [-0.39, 0.29) is 0 Å². The smallest absolute Gasteiger partial charge is 0.0474 e. The Morgan fingerprint density at radius 1 is 0.762 bits per heavy atom. The van der Waals surface area contributed by atoms with Crippen molar-refractivity contribution in [3.05, 3.63) is 35.4 Å². The van der Waals surface area contributed by atoms with Gasteiger partial charge in [-0.15, -0.1) is 11.6 Å². The fraction of sp³-hybridized carbons (Fsp3) is 0.700. The number of hydrogen-bond donors (Lipinski definition) is 0. The summed E-state index contributed by atoms with van der Waals surface area (Å²) in [4.78, 5) is 0. The molecule has 120 valence electrons. The van der Waals surface area contributed by atoms with Gasteiger partial charge < -0.3 is 0 Å². The van der Waals surface area contributed by atoms with Crippen LogP contribution >= 0.6 is 11.6 Å². The number of hydrogen-bond acceptors (Lipinski definition) is 0. The van der Waals surface area contributed by atoms with E-state index in [1.165, 1.54) is 75.3 Å². The zero-order valence-corrected chi connectivity index (χ0v) is 14.8. The van der Waals surface area contributed by atoms with Gasteiger partial charge in [-0.1, -0.05) is 89.5 Å². The first-order chi connectivity index (χ1) is 10.3. The lowest BCUT2D eigenvalue weighted by atomic mass is 9.88. The molecular weight excluding hydrogens is 276 g/mol. The van der Waals surface area contributed by atoms with E-state index in [1.54, 1.807) is 0 Å². The molecule has 0 aromatic heterocycles. The minimum atomic E-state index is 0.623. The Bertz CT molecular complexity index is 341. The molecule has 0 spiro atoms. The van der Waals surface area contributed by atoms with Gasteiger partial charge in [0, 0.05) is 5.88 Å². The van der Waals surface area contributed by atoms with Gasteiger partial charge in [-0.2, -0.15) is 0 Å². The summed E-state index contributed by atoms with van der Waals surface area (Å²) in [6, 6.07) is 9.01. The third-order valence-corrected chi connectivity index (χ3v) is 4.73. The Hall–Kier alpha value is -0.490. The minimum Gasteiger partial charge on any atom is -0.122 e. The average molecular weight is 309 g/mol. The molecule has 1 unspecified atom stereocenters. The van der Waals surface area contributed by atoms with Crippen LogP contribution in [0.5, 0.6) is 0 Å². The molecule has 1 heteroatoms. The van der Waals surface area contributed by atoms with Gasteiger partial charge in [-0.25, -0.2) is 0 Å². The zero-order chi connectivity index (χ0) is 15.3. The van der Waals surface area contributed by atoms with Crippen molar-refractivity contribution < 1.29 is 0 Å². The lowest BCUT2D eigenvalue weighted by Gasteiger charge is -2.18. The van der Waals surface area contributed by atoms with Gasteiger partial charge in [0.15, 0.2) is 0 Å². The monoisotopic (exact) mass is 308 g/mol. The molecule has 1 aromatic carbocycles. The highest BCUT2D eigenvalue weighted by Gasteiger charge is 2.11. The Balaban J connectivity index is 2.49. The summed E-state index contributed by atoms with van der Waals surface area (Å²) < 4.78 is 0. The van der Waals surface area contributed by atoms with Gasteiger partial charge in [-0.05, 0) is 29.9 Å². The first-order valence-corrected chi connectivity index (χ1v) is 9.50. The van der Waals surface area contributed by atoms with E-state index in [1.807, 2.05) is 0 Å². The molecule has 0 aliphatic rings. The second kappa shape index (κ2) is 12.1. The van der Waals surface area contributed by atoms with Crippen molar-refractivity contribution in [2.45, 2.75) is 89.9 Å². The molecule has 0 radical (unpaired) electrons. The summed E-state index contributed by atoms with van der Waals surface area (Å²) in [6.07, 6.45) is 13.7. The standard InChI is InChI=1S/C20H33Cl/c1-3-5-7-8-10-12-19(11-9-6-4-2)20-15-13-18(17-21)14-16-20/h13-16,19H,3-12,17H2,1-2H3. The minimum absolute atomic E-state index is 0.623. The number of alkyl halides is 1. The molecule has 1 rings (SSSR count). The first kappa shape index (κ1) is 18.6. The van der Waals surface area contributed by atoms with Crippen LogP contribution in [0, 0.1) is 0 Å².